The number of nitrogens with one attached hydrogen (secondary N) is 1. The Morgan fingerprint density at radius 2 is 2.18 bits per heavy atom. The van der Waals surface area contributed by atoms with Gasteiger partial charge in [0.1, 0.15) is 12.7 Å². The Kier molecular flexibility index (Phi) is 5.90. The number of benzene rings is 1. The molecule has 0 fully saturated rings. The summed E-state index contributed by atoms with van der Waals surface area (Å²) in [4.78, 5) is 0. The maximum absolute atomic E-state index is 13.5. The number of rotatable bonds is 7. The molecule has 4 nitrogen and oxygen atoms in total. The summed E-state index contributed by atoms with van der Waals surface area (Å²) >= 11 is 0. The summed E-state index contributed by atoms with van der Waals surface area (Å²) in [5, 5.41) is 12.4. The summed E-state index contributed by atoms with van der Waals surface area (Å²) in [5.41, 5.74) is 0.720. The van der Waals surface area contributed by atoms with E-state index in [1.807, 2.05) is 0 Å². The van der Waals surface area contributed by atoms with Gasteiger partial charge < -0.3 is 19.9 Å². The van der Waals surface area contributed by atoms with Gasteiger partial charge in [0.05, 0.1) is 6.61 Å². The van der Waals surface area contributed by atoms with Gasteiger partial charge in [-0.15, -0.1) is 0 Å². The highest BCUT2D eigenvalue weighted by atomic mass is 19.1. The highest BCUT2D eigenvalue weighted by molar-refractivity contribution is 5.34. The number of methoxy groups -OCH3 is 1. The summed E-state index contributed by atoms with van der Waals surface area (Å²) < 4.78 is 23.6. The van der Waals surface area contributed by atoms with E-state index in [-0.39, 0.29) is 19.0 Å². The molecule has 0 aliphatic carbocycles. The molecule has 1 aromatic rings. The van der Waals surface area contributed by atoms with Crippen LogP contribution in [0.5, 0.6) is 5.75 Å². The van der Waals surface area contributed by atoms with Gasteiger partial charge in [-0.05, 0) is 13.1 Å². The molecule has 2 N–H and O–H groups in total. The van der Waals surface area contributed by atoms with Gasteiger partial charge in [0.25, 0.3) is 0 Å². The minimum atomic E-state index is -0.762. The van der Waals surface area contributed by atoms with Crippen molar-refractivity contribution in [1.29, 1.82) is 0 Å². The second-order valence-corrected chi connectivity index (χ2v) is 3.68. The van der Waals surface area contributed by atoms with Crippen LogP contribution in [0.25, 0.3) is 0 Å². The quantitative estimate of drug-likeness (QED) is 0.748. The fraction of sp³-hybridized carbons (Fsp3) is 0.500. The van der Waals surface area contributed by atoms with Gasteiger partial charge in [-0.2, -0.15) is 0 Å². The molecule has 1 atom stereocenters. The van der Waals surface area contributed by atoms with Crippen molar-refractivity contribution in [2.24, 2.45) is 0 Å². The lowest BCUT2D eigenvalue weighted by molar-refractivity contribution is 0.0313. The van der Waals surface area contributed by atoms with E-state index >= 15 is 0 Å². The zero-order valence-corrected chi connectivity index (χ0v) is 10.1. The summed E-state index contributed by atoms with van der Waals surface area (Å²) in [5.74, 6) is -0.251. The molecular formula is C12H18FNO3. The van der Waals surface area contributed by atoms with E-state index in [0.29, 0.717) is 6.54 Å². The average Bonchev–Trinajstić information content (AvgIpc) is 2.29. The first-order valence-corrected chi connectivity index (χ1v) is 5.40. The van der Waals surface area contributed by atoms with Crippen LogP contribution in [0.15, 0.2) is 18.2 Å². The number of ether oxygens (including phenoxy) is 2. The molecule has 1 aromatic carbocycles. The molecule has 0 bridgehead atoms. The lowest BCUT2D eigenvalue weighted by Gasteiger charge is -2.15. The third-order valence-corrected chi connectivity index (χ3v) is 2.19. The third kappa shape index (κ3) is 4.30. The average molecular weight is 243 g/mol. The van der Waals surface area contributed by atoms with Crippen molar-refractivity contribution in [2.75, 3.05) is 27.4 Å². The lowest BCUT2D eigenvalue weighted by Crippen LogP contribution is -2.23. The van der Waals surface area contributed by atoms with E-state index in [2.05, 4.69) is 5.32 Å². The molecule has 1 rings (SSSR count). The van der Waals surface area contributed by atoms with Gasteiger partial charge in [0.2, 0.25) is 0 Å². The second-order valence-electron chi connectivity index (χ2n) is 3.68. The van der Waals surface area contributed by atoms with E-state index < -0.39 is 11.9 Å². The van der Waals surface area contributed by atoms with Crippen molar-refractivity contribution in [3.05, 3.63) is 29.6 Å². The summed E-state index contributed by atoms with van der Waals surface area (Å²) in [6, 6.07) is 4.73. The van der Waals surface area contributed by atoms with Crippen LogP contribution in [0.2, 0.25) is 0 Å². The van der Waals surface area contributed by atoms with Crippen molar-refractivity contribution in [3.63, 3.8) is 0 Å². The van der Waals surface area contributed by atoms with Gasteiger partial charge in [0, 0.05) is 19.2 Å². The first-order valence-electron chi connectivity index (χ1n) is 5.40. The highest BCUT2D eigenvalue weighted by Crippen LogP contribution is 2.22. The molecule has 96 valence electrons. The molecular weight excluding hydrogens is 225 g/mol. The molecule has 1 unspecified atom stereocenters. The molecule has 0 saturated carbocycles. The number of para-hydroxylation sites is 1. The topological polar surface area (TPSA) is 50.7 Å². The van der Waals surface area contributed by atoms with Crippen LogP contribution in [0.1, 0.15) is 5.56 Å². The Morgan fingerprint density at radius 3 is 2.82 bits per heavy atom. The Balaban J connectivity index is 2.68. The van der Waals surface area contributed by atoms with Crippen molar-refractivity contribution < 1.29 is 19.0 Å². The van der Waals surface area contributed by atoms with Crippen LogP contribution in [0, 0.1) is 5.82 Å². The van der Waals surface area contributed by atoms with Crippen molar-refractivity contribution in [3.8, 4) is 5.75 Å². The molecule has 0 spiro atoms. The molecule has 0 saturated heterocycles. The number of aliphatic hydroxyl groups is 1. The normalized spacial score (nSPS) is 12.5. The molecule has 0 aromatic heterocycles. The largest absolute Gasteiger partial charge is 0.487 e. The van der Waals surface area contributed by atoms with E-state index in [1.54, 1.807) is 19.2 Å². The Hall–Kier alpha value is -1.17. The maximum atomic E-state index is 13.5. The predicted molar refractivity (Wildman–Crippen MR) is 62.5 cm³/mol. The third-order valence-electron chi connectivity index (χ3n) is 2.19. The van der Waals surface area contributed by atoms with Crippen LogP contribution in [-0.4, -0.2) is 38.6 Å². The molecule has 0 radical (unpaired) electrons. The lowest BCUT2D eigenvalue weighted by atomic mass is 10.2. The van der Waals surface area contributed by atoms with E-state index in [1.165, 1.54) is 13.2 Å². The minimum absolute atomic E-state index is 0.00544. The number of aliphatic hydroxyl groups excluding tert-OH is 1. The van der Waals surface area contributed by atoms with Gasteiger partial charge in [-0.3, -0.25) is 0 Å². The van der Waals surface area contributed by atoms with Gasteiger partial charge >= 0.3 is 0 Å². The molecule has 0 aliphatic heterocycles. The first kappa shape index (κ1) is 13.9. The molecule has 0 amide bonds. The Labute approximate surface area is 100 Å². The summed E-state index contributed by atoms with van der Waals surface area (Å²) in [7, 11) is 3.26. The van der Waals surface area contributed by atoms with Gasteiger partial charge in [-0.1, -0.05) is 12.1 Å². The van der Waals surface area contributed by atoms with Crippen molar-refractivity contribution >= 4 is 0 Å². The van der Waals surface area contributed by atoms with E-state index in [0.717, 1.165) is 5.56 Å². The van der Waals surface area contributed by atoms with Crippen LogP contribution in [-0.2, 0) is 11.3 Å². The predicted octanol–water partition coefficient (Wildman–Crippen LogP) is 0.931. The minimum Gasteiger partial charge on any atom is -0.487 e. The van der Waals surface area contributed by atoms with E-state index in [4.69, 9.17) is 9.47 Å². The number of hydrogen-bond donors (Lipinski definition) is 2. The molecule has 5 heteroatoms. The smallest absolute Gasteiger partial charge is 0.165 e. The van der Waals surface area contributed by atoms with Crippen LogP contribution in [0.4, 0.5) is 4.39 Å². The van der Waals surface area contributed by atoms with Crippen LogP contribution >= 0.6 is 0 Å². The summed E-state index contributed by atoms with van der Waals surface area (Å²) in [6.07, 6.45) is -0.762. The Bertz CT molecular complexity index is 347. The Morgan fingerprint density at radius 1 is 1.41 bits per heavy atom. The van der Waals surface area contributed by atoms with Gasteiger partial charge in [-0.25, -0.2) is 4.39 Å². The number of hydrogen-bond acceptors (Lipinski definition) is 4. The second kappa shape index (κ2) is 7.21. The van der Waals surface area contributed by atoms with Crippen molar-refractivity contribution in [2.45, 2.75) is 12.6 Å². The molecule has 0 aliphatic rings. The highest BCUT2D eigenvalue weighted by Gasteiger charge is 2.11. The maximum Gasteiger partial charge on any atom is 0.165 e. The van der Waals surface area contributed by atoms with E-state index in [9.17, 15) is 9.50 Å². The molecule has 17 heavy (non-hydrogen) atoms. The summed E-state index contributed by atoms with van der Waals surface area (Å²) in [6.45, 7) is 0.675. The van der Waals surface area contributed by atoms with Crippen LogP contribution in [0.3, 0.4) is 0 Å². The van der Waals surface area contributed by atoms with Crippen molar-refractivity contribution in [1.82, 2.24) is 5.32 Å². The van der Waals surface area contributed by atoms with Crippen LogP contribution < -0.4 is 10.1 Å². The standard InChI is InChI=1S/C12H18FNO3/c1-14-6-9-4-3-5-11(13)12(9)17-8-10(15)7-16-2/h3-5,10,14-15H,6-8H2,1-2H3. The number of halogens is 1. The SMILES string of the molecule is CNCc1cccc(F)c1OCC(O)COC. The van der Waals surface area contributed by atoms with Gasteiger partial charge in [0.15, 0.2) is 11.6 Å². The zero-order valence-electron chi connectivity index (χ0n) is 10.1. The zero-order chi connectivity index (χ0) is 12.7. The molecule has 0 heterocycles. The monoisotopic (exact) mass is 243 g/mol. The fourth-order valence-electron chi connectivity index (χ4n) is 1.46. The first-order chi connectivity index (χ1) is 8.19. The fourth-order valence-corrected chi connectivity index (χ4v) is 1.46.